The number of halogens is 1. The highest BCUT2D eigenvalue weighted by Gasteiger charge is 2.12. The molecule has 1 aromatic carbocycles. The minimum atomic E-state index is 0.664. The van der Waals surface area contributed by atoms with Gasteiger partial charge in [0.1, 0.15) is 0 Å². The van der Waals surface area contributed by atoms with E-state index in [2.05, 4.69) is 24.8 Å². The maximum atomic E-state index is 6.29. The Bertz CT molecular complexity index is 326. The summed E-state index contributed by atoms with van der Waals surface area (Å²) in [5, 5.41) is 0.834. The van der Waals surface area contributed by atoms with Crippen LogP contribution in [0.4, 0.5) is 5.69 Å². The number of nitrogens with zero attached hydrogens (tertiary/aromatic N) is 1. The molecule has 0 atom stereocenters. The van der Waals surface area contributed by atoms with Crippen molar-refractivity contribution in [2.45, 2.75) is 26.7 Å². The summed E-state index contributed by atoms with van der Waals surface area (Å²) in [6, 6.07) is 6.07. The monoisotopic (exact) mass is 240 g/mol. The first-order valence-electron chi connectivity index (χ1n) is 5.97. The van der Waals surface area contributed by atoms with Gasteiger partial charge in [0.15, 0.2) is 0 Å². The third-order valence-corrected chi connectivity index (χ3v) is 2.98. The molecule has 0 unspecified atom stereocenters. The Morgan fingerprint density at radius 1 is 1.31 bits per heavy atom. The van der Waals surface area contributed by atoms with Gasteiger partial charge in [0, 0.05) is 13.1 Å². The lowest BCUT2D eigenvalue weighted by Crippen LogP contribution is -2.25. The van der Waals surface area contributed by atoms with Gasteiger partial charge >= 0.3 is 0 Å². The van der Waals surface area contributed by atoms with Gasteiger partial charge in [-0.25, -0.2) is 0 Å². The second-order valence-corrected chi connectivity index (χ2v) is 4.27. The highest BCUT2D eigenvalue weighted by molar-refractivity contribution is 6.33. The van der Waals surface area contributed by atoms with Crippen molar-refractivity contribution < 1.29 is 0 Å². The van der Waals surface area contributed by atoms with Crippen molar-refractivity contribution in [3.8, 4) is 0 Å². The van der Waals surface area contributed by atoms with Crippen LogP contribution in [0.15, 0.2) is 18.2 Å². The van der Waals surface area contributed by atoms with E-state index in [9.17, 15) is 0 Å². The van der Waals surface area contributed by atoms with Gasteiger partial charge < -0.3 is 10.6 Å². The normalized spacial score (nSPS) is 10.5. The molecule has 1 aromatic rings. The lowest BCUT2D eigenvalue weighted by molar-refractivity contribution is 0.784. The van der Waals surface area contributed by atoms with Crippen molar-refractivity contribution in [3.05, 3.63) is 28.8 Å². The molecule has 2 N–H and O–H groups in total. The van der Waals surface area contributed by atoms with E-state index in [1.54, 1.807) is 0 Å². The number of anilines is 1. The second kappa shape index (κ2) is 6.77. The minimum Gasteiger partial charge on any atom is -0.370 e. The van der Waals surface area contributed by atoms with Crippen LogP contribution in [-0.2, 0) is 6.42 Å². The molecule has 0 saturated carbocycles. The summed E-state index contributed by atoms with van der Waals surface area (Å²) in [6.07, 6.45) is 2.01. The van der Waals surface area contributed by atoms with Crippen molar-refractivity contribution in [1.29, 1.82) is 0 Å². The number of rotatable bonds is 6. The molecule has 0 aliphatic rings. The van der Waals surface area contributed by atoms with Crippen LogP contribution in [0.5, 0.6) is 0 Å². The van der Waals surface area contributed by atoms with Gasteiger partial charge in [-0.15, -0.1) is 0 Å². The summed E-state index contributed by atoms with van der Waals surface area (Å²) in [5.41, 5.74) is 8.05. The molecule has 0 aromatic heterocycles. The largest absolute Gasteiger partial charge is 0.370 e. The molecule has 0 saturated heterocycles. The zero-order valence-electron chi connectivity index (χ0n) is 10.2. The zero-order chi connectivity index (χ0) is 12.0. The van der Waals surface area contributed by atoms with Crippen molar-refractivity contribution in [1.82, 2.24) is 0 Å². The van der Waals surface area contributed by atoms with Crippen molar-refractivity contribution in [2.24, 2.45) is 5.73 Å². The van der Waals surface area contributed by atoms with Crippen molar-refractivity contribution >= 4 is 17.3 Å². The first-order valence-corrected chi connectivity index (χ1v) is 6.34. The number of nitrogens with two attached hydrogens (primary N) is 1. The molecule has 0 radical (unpaired) electrons. The lowest BCUT2D eigenvalue weighted by Gasteiger charge is -2.26. The molecule has 2 nitrogen and oxygen atoms in total. The summed E-state index contributed by atoms with van der Waals surface area (Å²) in [6.45, 7) is 7.03. The Balaban J connectivity index is 3.06. The van der Waals surface area contributed by atoms with Crippen LogP contribution in [0.3, 0.4) is 0 Å². The lowest BCUT2D eigenvalue weighted by atomic mass is 10.1. The second-order valence-electron chi connectivity index (χ2n) is 3.87. The molecule has 1 rings (SSSR count). The Labute approximate surface area is 103 Å². The average molecular weight is 241 g/mol. The van der Waals surface area contributed by atoms with Crippen molar-refractivity contribution in [3.63, 3.8) is 0 Å². The predicted octanol–water partition coefficient (Wildman–Crippen LogP) is 3.08. The topological polar surface area (TPSA) is 29.3 Å². The number of para-hydroxylation sites is 1. The van der Waals surface area contributed by atoms with Crippen molar-refractivity contribution in [2.75, 3.05) is 24.5 Å². The van der Waals surface area contributed by atoms with Crippen LogP contribution in [0.25, 0.3) is 0 Å². The standard InChI is InChI=1S/C13H21ClN2/c1-3-10-16(4-2)13-11(8-9-15)6-5-7-12(13)14/h5-7H,3-4,8-10,15H2,1-2H3. The molecule has 16 heavy (non-hydrogen) atoms. The van der Waals surface area contributed by atoms with Crippen LogP contribution in [0, 0.1) is 0 Å². The van der Waals surface area contributed by atoms with Crippen LogP contribution in [0.1, 0.15) is 25.8 Å². The number of benzene rings is 1. The molecule has 0 spiro atoms. The van der Waals surface area contributed by atoms with Gasteiger partial charge in [-0.1, -0.05) is 30.7 Å². The summed E-state index contributed by atoms with van der Waals surface area (Å²) in [5.74, 6) is 0. The molecular formula is C13H21ClN2. The number of hydrogen-bond donors (Lipinski definition) is 1. The first-order chi connectivity index (χ1) is 7.74. The maximum Gasteiger partial charge on any atom is 0.0642 e. The Kier molecular flexibility index (Phi) is 5.64. The third-order valence-electron chi connectivity index (χ3n) is 2.68. The fourth-order valence-electron chi connectivity index (χ4n) is 1.97. The van der Waals surface area contributed by atoms with Gasteiger partial charge in [-0.05, 0) is 37.9 Å². The quantitative estimate of drug-likeness (QED) is 0.828. The summed E-state index contributed by atoms with van der Waals surface area (Å²) in [7, 11) is 0. The third kappa shape index (κ3) is 3.13. The summed E-state index contributed by atoms with van der Waals surface area (Å²) >= 11 is 6.29. The minimum absolute atomic E-state index is 0.664. The van der Waals surface area contributed by atoms with Gasteiger partial charge in [0.05, 0.1) is 10.7 Å². The molecule has 0 heterocycles. The van der Waals surface area contributed by atoms with Gasteiger partial charge in [-0.3, -0.25) is 0 Å². The SMILES string of the molecule is CCCN(CC)c1c(Cl)cccc1CCN. The maximum absolute atomic E-state index is 6.29. The van der Waals surface area contributed by atoms with Crippen LogP contribution in [-0.4, -0.2) is 19.6 Å². The van der Waals surface area contributed by atoms with E-state index in [4.69, 9.17) is 17.3 Å². The summed E-state index contributed by atoms with van der Waals surface area (Å²) in [4.78, 5) is 2.33. The Hall–Kier alpha value is -0.730. The highest BCUT2D eigenvalue weighted by atomic mass is 35.5. The van der Waals surface area contributed by atoms with E-state index in [0.29, 0.717) is 6.54 Å². The zero-order valence-corrected chi connectivity index (χ0v) is 10.9. The molecule has 0 aliphatic heterocycles. The first kappa shape index (κ1) is 13.3. The van der Waals surface area contributed by atoms with E-state index in [1.807, 2.05) is 12.1 Å². The van der Waals surface area contributed by atoms with Crippen LogP contribution < -0.4 is 10.6 Å². The van der Waals surface area contributed by atoms with Gasteiger partial charge in [0.25, 0.3) is 0 Å². The smallest absolute Gasteiger partial charge is 0.0642 e. The fraction of sp³-hybridized carbons (Fsp3) is 0.538. The van der Waals surface area contributed by atoms with E-state index in [-0.39, 0.29) is 0 Å². The number of hydrogen-bond acceptors (Lipinski definition) is 2. The van der Waals surface area contributed by atoms with E-state index >= 15 is 0 Å². The van der Waals surface area contributed by atoms with E-state index in [0.717, 1.165) is 31.0 Å². The van der Waals surface area contributed by atoms with Crippen LogP contribution >= 0.6 is 11.6 Å². The molecule has 0 bridgehead atoms. The average Bonchev–Trinajstić information content (AvgIpc) is 2.28. The summed E-state index contributed by atoms with van der Waals surface area (Å²) < 4.78 is 0. The Morgan fingerprint density at radius 2 is 2.06 bits per heavy atom. The van der Waals surface area contributed by atoms with E-state index in [1.165, 1.54) is 11.3 Å². The predicted molar refractivity (Wildman–Crippen MR) is 72.4 cm³/mol. The molecule has 3 heteroatoms. The van der Waals surface area contributed by atoms with Gasteiger partial charge in [-0.2, -0.15) is 0 Å². The van der Waals surface area contributed by atoms with Crippen LogP contribution in [0.2, 0.25) is 5.02 Å². The highest BCUT2D eigenvalue weighted by Crippen LogP contribution is 2.30. The molecule has 0 fully saturated rings. The molecule has 0 amide bonds. The molecular weight excluding hydrogens is 220 g/mol. The molecule has 90 valence electrons. The van der Waals surface area contributed by atoms with E-state index < -0.39 is 0 Å². The fourth-order valence-corrected chi connectivity index (χ4v) is 2.28. The molecule has 0 aliphatic carbocycles. The Morgan fingerprint density at radius 3 is 2.62 bits per heavy atom. The van der Waals surface area contributed by atoms with Gasteiger partial charge in [0.2, 0.25) is 0 Å².